The van der Waals surface area contributed by atoms with Gasteiger partial charge in [-0.05, 0) is 43.9 Å². The Morgan fingerprint density at radius 3 is 2.71 bits per heavy atom. The molecular weight excluding hydrogens is 304 g/mol. The van der Waals surface area contributed by atoms with Gasteiger partial charge in [-0.2, -0.15) is 5.10 Å². The number of ether oxygens (including phenoxy) is 1. The number of aromatic amines is 1. The number of hydrogen-bond donors (Lipinski definition) is 3. The van der Waals surface area contributed by atoms with Crippen molar-refractivity contribution in [1.82, 2.24) is 15.2 Å². The highest BCUT2D eigenvalue weighted by atomic mass is 16.5. The number of hydrogen-bond acceptors (Lipinski definition) is 5. The summed E-state index contributed by atoms with van der Waals surface area (Å²) in [5.74, 6) is 1.20. The maximum absolute atomic E-state index is 9.64. The van der Waals surface area contributed by atoms with Crippen molar-refractivity contribution in [2.24, 2.45) is 0 Å². The second kappa shape index (κ2) is 6.13. The zero-order valence-corrected chi connectivity index (χ0v) is 13.3. The minimum atomic E-state index is -0.193. The number of nitrogen functional groups attached to an aromatic ring is 1. The van der Waals surface area contributed by atoms with Crippen LogP contribution >= 0.6 is 0 Å². The number of aromatic nitrogens is 3. The number of pyridine rings is 1. The van der Waals surface area contributed by atoms with Gasteiger partial charge in [-0.1, -0.05) is 6.07 Å². The molecule has 2 aromatic heterocycles. The van der Waals surface area contributed by atoms with Crippen LogP contribution in [0.5, 0.6) is 5.75 Å². The van der Waals surface area contributed by atoms with E-state index in [9.17, 15) is 5.11 Å². The van der Waals surface area contributed by atoms with Crippen LogP contribution in [0.1, 0.15) is 25.7 Å². The van der Waals surface area contributed by atoms with Crippen LogP contribution in [0, 0.1) is 0 Å². The number of anilines is 1. The first-order valence-corrected chi connectivity index (χ1v) is 8.24. The maximum atomic E-state index is 9.64. The lowest BCUT2D eigenvalue weighted by atomic mass is 9.95. The molecule has 6 heteroatoms. The van der Waals surface area contributed by atoms with Crippen LogP contribution in [0.2, 0.25) is 0 Å². The molecule has 24 heavy (non-hydrogen) atoms. The van der Waals surface area contributed by atoms with Gasteiger partial charge >= 0.3 is 0 Å². The van der Waals surface area contributed by atoms with Gasteiger partial charge in [0.25, 0.3) is 0 Å². The Kier molecular flexibility index (Phi) is 3.82. The van der Waals surface area contributed by atoms with Crippen molar-refractivity contribution >= 4 is 16.7 Å². The summed E-state index contributed by atoms with van der Waals surface area (Å²) >= 11 is 0. The third-order valence-corrected chi connectivity index (χ3v) is 4.54. The van der Waals surface area contributed by atoms with Gasteiger partial charge in [-0.3, -0.25) is 5.10 Å². The Bertz CT molecular complexity index is 840. The van der Waals surface area contributed by atoms with Gasteiger partial charge in [0, 0.05) is 23.2 Å². The van der Waals surface area contributed by atoms with Crippen LogP contribution in [-0.4, -0.2) is 32.5 Å². The predicted molar refractivity (Wildman–Crippen MR) is 92.6 cm³/mol. The second-order valence-electron chi connectivity index (χ2n) is 6.30. The number of nitrogens with one attached hydrogen (secondary N) is 1. The molecule has 1 saturated carbocycles. The Morgan fingerprint density at radius 1 is 1.12 bits per heavy atom. The van der Waals surface area contributed by atoms with E-state index in [2.05, 4.69) is 15.2 Å². The lowest BCUT2D eigenvalue weighted by Gasteiger charge is -2.26. The molecule has 0 radical (unpaired) electrons. The number of benzene rings is 1. The van der Waals surface area contributed by atoms with Gasteiger partial charge in [0.2, 0.25) is 0 Å². The van der Waals surface area contributed by atoms with E-state index in [0.717, 1.165) is 53.6 Å². The zero-order chi connectivity index (χ0) is 16.5. The summed E-state index contributed by atoms with van der Waals surface area (Å²) < 4.78 is 6.18. The quantitative estimate of drug-likeness (QED) is 0.688. The van der Waals surface area contributed by atoms with Crippen LogP contribution in [0.3, 0.4) is 0 Å². The van der Waals surface area contributed by atoms with Gasteiger partial charge in [0.1, 0.15) is 11.6 Å². The minimum Gasteiger partial charge on any atom is -0.490 e. The molecule has 1 aromatic carbocycles. The van der Waals surface area contributed by atoms with Gasteiger partial charge in [0.05, 0.1) is 23.4 Å². The number of aliphatic hydroxyl groups excluding tert-OH is 1. The van der Waals surface area contributed by atoms with Crippen molar-refractivity contribution < 1.29 is 9.84 Å². The van der Waals surface area contributed by atoms with E-state index in [1.165, 1.54) is 0 Å². The van der Waals surface area contributed by atoms with E-state index in [4.69, 9.17) is 10.5 Å². The SMILES string of the molecule is Nc1cc(OC2CCC(O)CC2)c2ccc(-c3ccn[nH]3)cc2n1. The molecule has 4 N–H and O–H groups in total. The summed E-state index contributed by atoms with van der Waals surface area (Å²) in [6, 6.07) is 9.70. The van der Waals surface area contributed by atoms with Crippen LogP contribution in [-0.2, 0) is 0 Å². The average Bonchev–Trinajstić information content (AvgIpc) is 3.11. The summed E-state index contributed by atoms with van der Waals surface area (Å²) in [6.07, 6.45) is 4.93. The molecular formula is C18H20N4O2. The standard InChI is InChI=1S/C18H20N4O2/c19-18-10-17(24-13-4-2-12(23)3-5-13)14-6-1-11(9-16(14)21-18)15-7-8-20-22-15/h1,6-10,12-13,23H,2-5H2,(H2,19,21)(H,20,22). The molecule has 0 amide bonds. The van der Waals surface area contributed by atoms with E-state index < -0.39 is 0 Å². The average molecular weight is 324 g/mol. The normalized spacial score (nSPS) is 21.0. The number of nitrogens with two attached hydrogens (primary N) is 1. The summed E-state index contributed by atoms with van der Waals surface area (Å²) in [6.45, 7) is 0. The highest BCUT2D eigenvalue weighted by molar-refractivity contribution is 5.90. The van der Waals surface area contributed by atoms with Gasteiger partial charge in [-0.25, -0.2) is 4.98 Å². The second-order valence-corrected chi connectivity index (χ2v) is 6.30. The molecule has 0 atom stereocenters. The van der Waals surface area contributed by atoms with Crippen molar-refractivity contribution in [3.8, 4) is 17.0 Å². The lowest BCUT2D eigenvalue weighted by Crippen LogP contribution is -2.26. The van der Waals surface area contributed by atoms with Crippen molar-refractivity contribution in [2.75, 3.05) is 5.73 Å². The monoisotopic (exact) mass is 324 g/mol. The molecule has 1 aliphatic rings. The fraction of sp³-hybridized carbons (Fsp3) is 0.333. The first-order chi connectivity index (χ1) is 11.7. The summed E-state index contributed by atoms with van der Waals surface area (Å²) in [4.78, 5) is 4.44. The Morgan fingerprint density at radius 2 is 1.96 bits per heavy atom. The third kappa shape index (κ3) is 2.92. The molecule has 0 bridgehead atoms. The number of nitrogens with zero attached hydrogens (tertiary/aromatic N) is 2. The minimum absolute atomic E-state index is 0.116. The molecule has 6 nitrogen and oxygen atoms in total. The van der Waals surface area contributed by atoms with E-state index >= 15 is 0 Å². The smallest absolute Gasteiger partial charge is 0.132 e. The highest BCUT2D eigenvalue weighted by Gasteiger charge is 2.21. The molecule has 2 heterocycles. The van der Waals surface area contributed by atoms with Crippen molar-refractivity contribution in [3.05, 3.63) is 36.5 Å². The molecule has 4 rings (SSSR count). The van der Waals surface area contributed by atoms with E-state index in [0.29, 0.717) is 5.82 Å². The van der Waals surface area contributed by atoms with Crippen LogP contribution in [0.25, 0.3) is 22.2 Å². The Labute approximate surface area is 139 Å². The zero-order valence-electron chi connectivity index (χ0n) is 13.3. The van der Waals surface area contributed by atoms with Gasteiger partial charge in [-0.15, -0.1) is 0 Å². The van der Waals surface area contributed by atoms with E-state index in [-0.39, 0.29) is 12.2 Å². The molecule has 1 fully saturated rings. The van der Waals surface area contributed by atoms with Crippen molar-refractivity contribution in [3.63, 3.8) is 0 Å². The fourth-order valence-corrected chi connectivity index (χ4v) is 3.24. The highest BCUT2D eigenvalue weighted by Crippen LogP contribution is 2.32. The molecule has 124 valence electrons. The summed E-state index contributed by atoms with van der Waals surface area (Å²) in [5, 5.41) is 17.5. The summed E-state index contributed by atoms with van der Waals surface area (Å²) in [7, 11) is 0. The molecule has 0 unspecified atom stereocenters. The third-order valence-electron chi connectivity index (χ3n) is 4.54. The van der Waals surface area contributed by atoms with Crippen LogP contribution < -0.4 is 10.5 Å². The molecule has 3 aromatic rings. The van der Waals surface area contributed by atoms with Crippen LogP contribution in [0.4, 0.5) is 5.82 Å². The Hall–Kier alpha value is -2.60. The van der Waals surface area contributed by atoms with Crippen molar-refractivity contribution in [1.29, 1.82) is 0 Å². The largest absolute Gasteiger partial charge is 0.490 e. The number of aliphatic hydroxyl groups is 1. The predicted octanol–water partition coefficient (Wildman–Crippen LogP) is 2.89. The Balaban J connectivity index is 1.68. The summed E-state index contributed by atoms with van der Waals surface area (Å²) in [5.41, 5.74) is 8.71. The van der Waals surface area contributed by atoms with Gasteiger partial charge < -0.3 is 15.6 Å². The molecule has 1 aliphatic carbocycles. The number of fused-ring (bicyclic) bond motifs is 1. The van der Waals surface area contributed by atoms with E-state index in [1.54, 1.807) is 12.3 Å². The molecule has 0 aliphatic heterocycles. The molecule has 0 saturated heterocycles. The van der Waals surface area contributed by atoms with Crippen molar-refractivity contribution in [2.45, 2.75) is 37.9 Å². The maximum Gasteiger partial charge on any atom is 0.132 e. The first-order valence-electron chi connectivity index (χ1n) is 8.24. The fourth-order valence-electron chi connectivity index (χ4n) is 3.24. The number of rotatable bonds is 3. The number of H-pyrrole nitrogens is 1. The topological polar surface area (TPSA) is 97.0 Å². The molecule has 0 spiro atoms. The van der Waals surface area contributed by atoms with Crippen LogP contribution in [0.15, 0.2) is 36.5 Å². The van der Waals surface area contributed by atoms with E-state index in [1.807, 2.05) is 24.3 Å². The van der Waals surface area contributed by atoms with Gasteiger partial charge in [0.15, 0.2) is 0 Å². The first kappa shape index (κ1) is 15.0. The lowest BCUT2D eigenvalue weighted by molar-refractivity contribution is 0.0673.